The quantitative estimate of drug-likeness (QED) is 0.585. The minimum atomic E-state index is -0.490. The lowest BCUT2D eigenvalue weighted by atomic mass is 10.4. The van der Waals surface area contributed by atoms with E-state index in [-0.39, 0.29) is 12.3 Å². The molecular formula is C13H19N5O2S. The molecule has 1 aromatic heterocycles. The molecule has 3 amide bonds. The van der Waals surface area contributed by atoms with E-state index in [9.17, 15) is 9.59 Å². The van der Waals surface area contributed by atoms with Crippen LogP contribution in [0.2, 0.25) is 0 Å². The molecule has 0 atom stereocenters. The van der Waals surface area contributed by atoms with Crippen molar-refractivity contribution < 1.29 is 9.59 Å². The van der Waals surface area contributed by atoms with E-state index in [1.807, 2.05) is 10.6 Å². The maximum Gasteiger partial charge on any atom is 0.321 e. The van der Waals surface area contributed by atoms with Gasteiger partial charge in [-0.25, -0.2) is 4.79 Å². The number of carbonyl (C=O) groups is 2. The predicted octanol–water partition coefficient (Wildman–Crippen LogP) is 1.28. The highest BCUT2D eigenvalue weighted by Gasteiger charge is 2.30. The molecule has 0 radical (unpaired) electrons. The van der Waals surface area contributed by atoms with Crippen molar-refractivity contribution in [2.24, 2.45) is 0 Å². The lowest BCUT2D eigenvalue weighted by Crippen LogP contribution is -2.37. The molecule has 8 heteroatoms. The summed E-state index contributed by atoms with van der Waals surface area (Å²) in [5.74, 6) is 1.76. The monoisotopic (exact) mass is 309 g/mol. The number of amides is 3. The van der Waals surface area contributed by atoms with Gasteiger partial charge in [0.2, 0.25) is 5.91 Å². The fraction of sp³-hybridized carbons (Fsp3) is 0.538. The van der Waals surface area contributed by atoms with Gasteiger partial charge in [0, 0.05) is 31.7 Å². The highest BCUT2D eigenvalue weighted by Crippen LogP contribution is 2.40. The van der Waals surface area contributed by atoms with Crippen LogP contribution in [0.3, 0.4) is 0 Å². The number of imide groups is 1. The molecule has 2 rings (SSSR count). The third kappa shape index (κ3) is 4.32. The Labute approximate surface area is 127 Å². The largest absolute Gasteiger partial charge is 0.341 e. The molecule has 1 aliphatic carbocycles. The molecule has 1 fully saturated rings. The van der Waals surface area contributed by atoms with Crippen molar-refractivity contribution in [2.75, 3.05) is 12.8 Å². The summed E-state index contributed by atoms with van der Waals surface area (Å²) in [6.45, 7) is 4.43. The van der Waals surface area contributed by atoms with Gasteiger partial charge in [-0.05, 0) is 12.8 Å². The predicted molar refractivity (Wildman–Crippen MR) is 80.1 cm³/mol. The van der Waals surface area contributed by atoms with Crippen molar-refractivity contribution in [3.8, 4) is 0 Å². The van der Waals surface area contributed by atoms with Crippen LogP contribution in [0.25, 0.3) is 0 Å². The maximum atomic E-state index is 11.5. The average molecular weight is 309 g/mol. The Morgan fingerprint density at radius 3 is 2.86 bits per heavy atom. The standard InChI is InChI=1S/C13H19N5O2S/c1-3-7-18-11(9-4-5-9)16-17-13(18)21-8-6-10(19)15-12(20)14-2/h3,9H,1,4-8H2,2H3,(H2,14,15,19,20). The normalized spacial score (nSPS) is 13.8. The van der Waals surface area contributed by atoms with Crippen LogP contribution in [0.1, 0.15) is 31.0 Å². The number of rotatable bonds is 7. The second kappa shape index (κ2) is 7.26. The van der Waals surface area contributed by atoms with E-state index in [1.165, 1.54) is 18.8 Å². The number of hydrogen-bond acceptors (Lipinski definition) is 5. The molecule has 7 nitrogen and oxygen atoms in total. The Bertz CT molecular complexity index is 539. The molecule has 0 bridgehead atoms. The molecule has 2 N–H and O–H groups in total. The van der Waals surface area contributed by atoms with E-state index in [1.54, 1.807) is 0 Å². The van der Waals surface area contributed by atoms with Crippen molar-refractivity contribution in [3.05, 3.63) is 18.5 Å². The van der Waals surface area contributed by atoms with Crippen molar-refractivity contribution in [1.29, 1.82) is 0 Å². The Kier molecular flexibility index (Phi) is 5.38. The first-order valence-corrected chi connectivity index (χ1v) is 7.82. The zero-order chi connectivity index (χ0) is 15.2. The number of allylic oxidation sites excluding steroid dienone is 1. The first kappa shape index (κ1) is 15.6. The van der Waals surface area contributed by atoms with Crippen molar-refractivity contribution >= 4 is 23.7 Å². The maximum absolute atomic E-state index is 11.5. The number of carbonyl (C=O) groups excluding carboxylic acids is 2. The fourth-order valence-corrected chi connectivity index (χ4v) is 2.73. The molecular weight excluding hydrogens is 290 g/mol. The number of aromatic nitrogens is 3. The number of urea groups is 1. The average Bonchev–Trinajstić information content (AvgIpc) is 3.23. The van der Waals surface area contributed by atoms with Crippen LogP contribution in [-0.4, -0.2) is 39.5 Å². The molecule has 0 saturated heterocycles. The van der Waals surface area contributed by atoms with Gasteiger partial charge < -0.3 is 9.88 Å². The topological polar surface area (TPSA) is 88.9 Å². The summed E-state index contributed by atoms with van der Waals surface area (Å²) < 4.78 is 2.05. The zero-order valence-corrected chi connectivity index (χ0v) is 12.8. The smallest absolute Gasteiger partial charge is 0.321 e. The van der Waals surface area contributed by atoms with Crippen LogP contribution >= 0.6 is 11.8 Å². The molecule has 0 aliphatic heterocycles. The lowest BCUT2D eigenvalue weighted by molar-refractivity contribution is -0.119. The van der Waals surface area contributed by atoms with E-state index in [4.69, 9.17) is 0 Å². The molecule has 0 aromatic carbocycles. The molecule has 1 aliphatic rings. The third-order valence-electron chi connectivity index (χ3n) is 3.04. The van der Waals surface area contributed by atoms with Gasteiger partial charge in [0.05, 0.1) is 0 Å². The van der Waals surface area contributed by atoms with Gasteiger partial charge in [-0.15, -0.1) is 16.8 Å². The Balaban J connectivity index is 1.86. The number of nitrogens with zero attached hydrogens (tertiary/aromatic N) is 3. The van der Waals surface area contributed by atoms with Crippen LogP contribution < -0.4 is 10.6 Å². The minimum Gasteiger partial charge on any atom is -0.341 e. The molecule has 21 heavy (non-hydrogen) atoms. The molecule has 1 heterocycles. The van der Waals surface area contributed by atoms with Gasteiger partial charge in [-0.3, -0.25) is 10.1 Å². The SMILES string of the molecule is C=CCn1c(SCCC(=O)NC(=O)NC)nnc1C1CC1. The minimum absolute atomic E-state index is 0.248. The molecule has 0 spiro atoms. The highest BCUT2D eigenvalue weighted by atomic mass is 32.2. The van der Waals surface area contributed by atoms with Crippen LogP contribution in [0.5, 0.6) is 0 Å². The molecule has 0 unspecified atom stereocenters. The van der Waals surface area contributed by atoms with Crippen LogP contribution in [0, 0.1) is 0 Å². The van der Waals surface area contributed by atoms with E-state index >= 15 is 0 Å². The molecule has 114 valence electrons. The van der Waals surface area contributed by atoms with Gasteiger partial charge >= 0.3 is 6.03 Å². The van der Waals surface area contributed by atoms with Gasteiger partial charge in [-0.1, -0.05) is 17.8 Å². The van der Waals surface area contributed by atoms with E-state index in [0.29, 0.717) is 18.2 Å². The zero-order valence-electron chi connectivity index (χ0n) is 12.0. The first-order valence-electron chi connectivity index (χ1n) is 6.84. The Morgan fingerprint density at radius 1 is 1.48 bits per heavy atom. The second-order valence-corrected chi connectivity index (χ2v) is 5.80. The molecule has 1 aromatic rings. The van der Waals surface area contributed by atoms with Gasteiger partial charge in [0.1, 0.15) is 5.82 Å². The third-order valence-corrected chi connectivity index (χ3v) is 4.01. The van der Waals surface area contributed by atoms with Crippen molar-refractivity contribution in [1.82, 2.24) is 25.4 Å². The summed E-state index contributed by atoms with van der Waals surface area (Å²) in [6.07, 6.45) is 4.39. The Morgan fingerprint density at radius 2 is 2.24 bits per heavy atom. The van der Waals surface area contributed by atoms with Crippen LogP contribution in [-0.2, 0) is 11.3 Å². The van der Waals surface area contributed by atoms with Crippen LogP contribution in [0.15, 0.2) is 17.8 Å². The molecule has 1 saturated carbocycles. The summed E-state index contributed by atoms with van der Waals surface area (Å²) in [6, 6.07) is -0.490. The highest BCUT2D eigenvalue weighted by molar-refractivity contribution is 7.99. The first-order chi connectivity index (χ1) is 10.2. The van der Waals surface area contributed by atoms with E-state index < -0.39 is 6.03 Å². The Hall–Kier alpha value is -1.83. The number of nitrogens with one attached hydrogen (secondary N) is 2. The van der Waals surface area contributed by atoms with Crippen LogP contribution in [0.4, 0.5) is 4.79 Å². The van der Waals surface area contributed by atoms with Gasteiger partial charge in [0.25, 0.3) is 0 Å². The lowest BCUT2D eigenvalue weighted by Gasteiger charge is -2.07. The summed E-state index contributed by atoms with van der Waals surface area (Å²) in [7, 11) is 1.47. The summed E-state index contributed by atoms with van der Waals surface area (Å²) in [5.41, 5.74) is 0. The van der Waals surface area contributed by atoms with Crippen molar-refractivity contribution in [3.63, 3.8) is 0 Å². The summed E-state index contributed by atoms with van der Waals surface area (Å²) in [5, 5.41) is 13.8. The summed E-state index contributed by atoms with van der Waals surface area (Å²) >= 11 is 1.47. The van der Waals surface area contributed by atoms with Gasteiger partial charge in [-0.2, -0.15) is 0 Å². The van der Waals surface area contributed by atoms with E-state index in [2.05, 4.69) is 27.4 Å². The number of hydrogen-bond donors (Lipinski definition) is 2. The summed E-state index contributed by atoms with van der Waals surface area (Å²) in [4.78, 5) is 22.5. The van der Waals surface area contributed by atoms with Crippen molar-refractivity contribution in [2.45, 2.75) is 36.9 Å². The fourth-order valence-electron chi connectivity index (χ4n) is 1.84. The number of thioether (sulfide) groups is 1. The second-order valence-electron chi connectivity index (χ2n) is 4.74. The van der Waals surface area contributed by atoms with E-state index in [0.717, 1.165) is 23.8 Å². The van der Waals surface area contributed by atoms with Gasteiger partial charge in [0.15, 0.2) is 5.16 Å².